The Bertz CT molecular complexity index is 538. The third-order valence-corrected chi connectivity index (χ3v) is 9.44. The summed E-state index contributed by atoms with van der Waals surface area (Å²) in [5.41, 5.74) is 0.268. The van der Waals surface area contributed by atoms with Crippen LogP contribution in [0.15, 0.2) is 0 Å². The molecular weight excluding hydrogens is 296 g/mol. The summed E-state index contributed by atoms with van der Waals surface area (Å²) < 4.78 is 0. The molecule has 4 aliphatic rings. The van der Waals surface area contributed by atoms with E-state index in [0.717, 1.165) is 37.0 Å². The molecule has 4 rings (SSSR count). The number of hydrogen-bond donors (Lipinski definition) is 1. The van der Waals surface area contributed by atoms with E-state index in [-0.39, 0.29) is 5.41 Å². The average Bonchev–Trinajstić information content (AvgIpc) is 2.85. The molecule has 0 bridgehead atoms. The van der Waals surface area contributed by atoms with E-state index in [1.807, 2.05) is 13.8 Å². The second kappa shape index (κ2) is 5.32. The van der Waals surface area contributed by atoms with Crippen LogP contribution in [0.2, 0.25) is 0 Å². The summed E-state index contributed by atoms with van der Waals surface area (Å²) >= 11 is 0. The number of aliphatic hydroxyl groups is 1. The first-order valence-corrected chi connectivity index (χ1v) is 10.4. The third kappa shape index (κ3) is 2.27. The second-order valence-electron chi connectivity index (χ2n) is 10.6. The summed E-state index contributed by atoms with van der Waals surface area (Å²) in [4.78, 5) is 12.2. The summed E-state index contributed by atoms with van der Waals surface area (Å²) in [5.74, 6) is 3.89. The number of fused-ring (bicyclic) bond motifs is 5. The molecule has 4 saturated carbocycles. The van der Waals surface area contributed by atoms with Crippen molar-refractivity contribution in [1.29, 1.82) is 0 Å². The van der Waals surface area contributed by atoms with E-state index in [4.69, 9.17) is 0 Å². The molecule has 0 aromatic carbocycles. The van der Waals surface area contributed by atoms with Crippen LogP contribution >= 0.6 is 0 Å². The van der Waals surface area contributed by atoms with Crippen LogP contribution in [0.25, 0.3) is 0 Å². The van der Waals surface area contributed by atoms with Gasteiger partial charge in [-0.2, -0.15) is 0 Å². The number of carbonyl (C=O) groups is 1. The Hall–Kier alpha value is -0.370. The maximum atomic E-state index is 12.2. The topological polar surface area (TPSA) is 37.3 Å². The molecule has 24 heavy (non-hydrogen) atoms. The van der Waals surface area contributed by atoms with Crippen molar-refractivity contribution in [1.82, 2.24) is 0 Å². The molecule has 1 unspecified atom stereocenters. The van der Waals surface area contributed by atoms with E-state index in [9.17, 15) is 9.90 Å². The van der Waals surface area contributed by atoms with E-state index in [1.54, 1.807) is 0 Å². The summed E-state index contributed by atoms with van der Waals surface area (Å²) in [6.07, 6.45) is 10.8. The highest BCUT2D eigenvalue weighted by Gasteiger charge is 2.61. The van der Waals surface area contributed by atoms with Gasteiger partial charge in [0.05, 0.1) is 5.60 Å². The quantitative estimate of drug-likeness (QED) is 0.735. The minimum absolute atomic E-state index is 0.274. The van der Waals surface area contributed by atoms with E-state index >= 15 is 0 Å². The Labute approximate surface area is 147 Å². The van der Waals surface area contributed by atoms with Crippen molar-refractivity contribution in [2.75, 3.05) is 0 Å². The van der Waals surface area contributed by atoms with Gasteiger partial charge in [0, 0.05) is 5.92 Å². The predicted octanol–water partition coefficient (Wildman–Crippen LogP) is 4.99. The van der Waals surface area contributed by atoms with Crippen molar-refractivity contribution in [3.63, 3.8) is 0 Å². The number of Topliss-reactive ketones (excluding diaryl/α,β-unsaturated/α-hetero) is 1. The molecule has 2 nitrogen and oxygen atoms in total. The van der Waals surface area contributed by atoms with E-state index in [1.165, 1.54) is 38.5 Å². The molecule has 1 N–H and O–H groups in total. The van der Waals surface area contributed by atoms with Crippen molar-refractivity contribution in [3.8, 4) is 0 Å². The number of hydrogen-bond acceptors (Lipinski definition) is 2. The van der Waals surface area contributed by atoms with Crippen LogP contribution in [0.5, 0.6) is 0 Å². The lowest BCUT2D eigenvalue weighted by Gasteiger charge is -2.61. The number of ketones is 1. The van der Waals surface area contributed by atoms with Crippen molar-refractivity contribution in [2.45, 2.75) is 91.1 Å². The van der Waals surface area contributed by atoms with Crippen molar-refractivity contribution >= 4 is 5.78 Å². The monoisotopic (exact) mass is 332 g/mol. The van der Waals surface area contributed by atoms with Crippen LogP contribution in [-0.4, -0.2) is 16.5 Å². The largest absolute Gasteiger partial charge is 0.390 e. The van der Waals surface area contributed by atoms with Gasteiger partial charge < -0.3 is 5.11 Å². The Kier molecular flexibility index (Phi) is 3.78. The highest BCUT2D eigenvalue weighted by atomic mass is 16.3. The molecule has 0 aliphatic heterocycles. The van der Waals surface area contributed by atoms with Gasteiger partial charge in [-0.3, -0.25) is 4.79 Å². The zero-order valence-corrected chi connectivity index (χ0v) is 16.1. The fourth-order valence-corrected chi connectivity index (χ4v) is 8.10. The molecule has 0 amide bonds. The molecule has 0 saturated heterocycles. The molecular formula is C22H36O2. The Morgan fingerprint density at radius 3 is 2.29 bits per heavy atom. The van der Waals surface area contributed by atoms with Crippen molar-refractivity contribution in [3.05, 3.63) is 0 Å². The summed E-state index contributed by atoms with van der Waals surface area (Å²) in [6.45, 7) is 8.85. The van der Waals surface area contributed by atoms with Crippen LogP contribution in [0.1, 0.15) is 85.5 Å². The first kappa shape index (κ1) is 17.1. The van der Waals surface area contributed by atoms with Gasteiger partial charge in [0.2, 0.25) is 0 Å². The lowest BCUT2D eigenvalue weighted by molar-refractivity contribution is -0.150. The number of rotatable bonds is 1. The smallest absolute Gasteiger partial charge is 0.133 e. The Morgan fingerprint density at radius 2 is 1.58 bits per heavy atom. The van der Waals surface area contributed by atoms with Crippen LogP contribution < -0.4 is 0 Å². The fourth-order valence-electron chi connectivity index (χ4n) is 8.10. The molecule has 0 aromatic rings. The lowest BCUT2D eigenvalue weighted by Crippen LogP contribution is -2.55. The molecule has 0 spiro atoms. The molecule has 4 aliphatic carbocycles. The van der Waals surface area contributed by atoms with Gasteiger partial charge in [0.15, 0.2) is 0 Å². The van der Waals surface area contributed by atoms with Crippen LogP contribution in [0, 0.1) is 40.4 Å². The SMILES string of the molecule is CC(=O)[C@H]1CC[C@H]2[C@@H]3CC[C@H]4CC(C)(O)CC[C@]4(C)[C@H]3CC[C@]12C. The summed E-state index contributed by atoms with van der Waals surface area (Å²) in [6, 6.07) is 0. The molecule has 8 atom stereocenters. The second-order valence-corrected chi connectivity index (χ2v) is 10.6. The van der Waals surface area contributed by atoms with Gasteiger partial charge in [-0.25, -0.2) is 0 Å². The molecule has 2 heteroatoms. The first-order valence-electron chi connectivity index (χ1n) is 10.4. The first-order chi connectivity index (χ1) is 11.2. The van der Waals surface area contributed by atoms with Gasteiger partial charge in [0.1, 0.15) is 5.78 Å². The van der Waals surface area contributed by atoms with Gasteiger partial charge in [-0.1, -0.05) is 13.8 Å². The van der Waals surface area contributed by atoms with E-state index < -0.39 is 5.60 Å². The maximum Gasteiger partial charge on any atom is 0.133 e. The maximum absolute atomic E-state index is 12.2. The zero-order valence-electron chi connectivity index (χ0n) is 16.1. The van der Waals surface area contributed by atoms with Crippen molar-refractivity contribution in [2.24, 2.45) is 40.4 Å². The lowest BCUT2D eigenvalue weighted by atomic mass is 9.44. The van der Waals surface area contributed by atoms with Gasteiger partial charge in [0.25, 0.3) is 0 Å². The third-order valence-electron chi connectivity index (χ3n) is 9.44. The van der Waals surface area contributed by atoms with Crippen LogP contribution in [0.4, 0.5) is 0 Å². The zero-order chi connectivity index (χ0) is 17.3. The van der Waals surface area contributed by atoms with Gasteiger partial charge in [-0.15, -0.1) is 0 Å². The molecule has 136 valence electrons. The van der Waals surface area contributed by atoms with Crippen LogP contribution in [0.3, 0.4) is 0 Å². The summed E-state index contributed by atoms with van der Waals surface area (Å²) in [7, 11) is 0. The van der Waals surface area contributed by atoms with E-state index in [0.29, 0.717) is 23.0 Å². The van der Waals surface area contributed by atoms with E-state index in [2.05, 4.69) is 13.8 Å². The Morgan fingerprint density at radius 1 is 0.875 bits per heavy atom. The molecule has 4 fully saturated rings. The average molecular weight is 333 g/mol. The van der Waals surface area contributed by atoms with Crippen molar-refractivity contribution < 1.29 is 9.90 Å². The number of carbonyl (C=O) groups excluding carboxylic acids is 1. The molecule has 0 radical (unpaired) electrons. The van der Waals surface area contributed by atoms with Gasteiger partial charge in [-0.05, 0) is 106 Å². The molecule has 0 heterocycles. The molecule has 0 aromatic heterocycles. The fraction of sp³-hybridized carbons (Fsp3) is 0.955. The van der Waals surface area contributed by atoms with Gasteiger partial charge >= 0.3 is 0 Å². The highest BCUT2D eigenvalue weighted by Crippen LogP contribution is 2.68. The standard InChI is InChI=1S/C22H36O2/c1-14(23)17-7-8-18-16-6-5-15-13-20(2,24)11-12-21(15,3)19(16)9-10-22(17,18)4/h15-19,24H,5-13H2,1-4H3/t15-,16-,17+,18-,19-,20?,21-,22+/m0/s1. The highest BCUT2D eigenvalue weighted by molar-refractivity contribution is 5.79. The Balaban J connectivity index is 1.61. The normalized spacial score (nSPS) is 57.0. The summed E-state index contributed by atoms with van der Waals surface area (Å²) in [5, 5.41) is 10.6. The predicted molar refractivity (Wildman–Crippen MR) is 96.5 cm³/mol. The van der Waals surface area contributed by atoms with Crippen LogP contribution in [-0.2, 0) is 4.79 Å². The minimum atomic E-state index is -0.437. The minimum Gasteiger partial charge on any atom is -0.390 e.